The van der Waals surface area contributed by atoms with E-state index in [0.29, 0.717) is 23.8 Å². The topological polar surface area (TPSA) is 32.3 Å². The van der Waals surface area contributed by atoms with E-state index in [1.54, 1.807) is 0 Å². The zero-order chi connectivity index (χ0) is 14.0. The second kappa shape index (κ2) is 6.25. The Balaban J connectivity index is 2.08. The maximum atomic E-state index is 12.7. The van der Waals surface area contributed by atoms with E-state index in [0.717, 1.165) is 6.42 Å². The molecule has 0 bridgehead atoms. The molecule has 0 spiro atoms. The maximum absolute atomic E-state index is 12.7. The Morgan fingerprint density at radius 2 is 1.89 bits per heavy atom. The minimum Gasteiger partial charge on any atom is -0.323 e. The minimum absolute atomic E-state index is 0.0467. The summed E-state index contributed by atoms with van der Waals surface area (Å²) in [5.41, 5.74) is 0. The van der Waals surface area contributed by atoms with E-state index in [1.165, 1.54) is 32.1 Å². The van der Waals surface area contributed by atoms with Crippen LogP contribution in [0.3, 0.4) is 0 Å². The fraction of sp³-hybridized carbons (Fsp3) is 0.938. The van der Waals surface area contributed by atoms with E-state index in [2.05, 4.69) is 37.9 Å². The molecule has 3 heteroatoms. The molecule has 0 aromatic carbocycles. The summed E-state index contributed by atoms with van der Waals surface area (Å²) in [4.78, 5) is 14.8. The molecule has 2 fully saturated rings. The van der Waals surface area contributed by atoms with Gasteiger partial charge in [0.25, 0.3) is 0 Å². The first-order chi connectivity index (χ1) is 9.00. The summed E-state index contributed by atoms with van der Waals surface area (Å²) in [7, 11) is 0. The van der Waals surface area contributed by atoms with Crippen LogP contribution < -0.4 is 5.32 Å². The van der Waals surface area contributed by atoms with Gasteiger partial charge in [-0.05, 0) is 38.0 Å². The van der Waals surface area contributed by atoms with Crippen molar-refractivity contribution in [3.8, 4) is 0 Å². The van der Waals surface area contributed by atoms with Gasteiger partial charge < -0.3 is 4.90 Å². The summed E-state index contributed by atoms with van der Waals surface area (Å²) in [6.45, 7) is 8.86. The van der Waals surface area contributed by atoms with Crippen molar-refractivity contribution < 1.29 is 4.79 Å². The fourth-order valence-corrected chi connectivity index (χ4v) is 3.79. The van der Waals surface area contributed by atoms with E-state index in [4.69, 9.17) is 0 Å². The van der Waals surface area contributed by atoms with E-state index in [1.807, 2.05) is 0 Å². The lowest BCUT2D eigenvalue weighted by Gasteiger charge is -2.34. The Kier molecular flexibility index (Phi) is 4.88. The standard InChI is InChI=1S/C16H30N2O/c1-11(2)10-14-16(19)18(13(4)17-14)15-9-7-5-6-8-12(15)3/h11-15,17H,5-10H2,1-4H3. The number of hydrogen-bond donors (Lipinski definition) is 1. The van der Waals surface area contributed by atoms with Crippen molar-refractivity contribution in [1.82, 2.24) is 10.2 Å². The Labute approximate surface area is 118 Å². The fourth-order valence-electron chi connectivity index (χ4n) is 3.79. The number of nitrogens with one attached hydrogen (secondary N) is 1. The van der Waals surface area contributed by atoms with Gasteiger partial charge in [-0.1, -0.05) is 40.0 Å². The molecule has 0 radical (unpaired) electrons. The first-order valence-corrected chi connectivity index (χ1v) is 8.09. The molecule has 1 saturated carbocycles. The molecule has 3 nitrogen and oxygen atoms in total. The lowest BCUT2D eigenvalue weighted by Crippen LogP contribution is -2.46. The molecule has 19 heavy (non-hydrogen) atoms. The van der Waals surface area contributed by atoms with E-state index >= 15 is 0 Å². The zero-order valence-corrected chi connectivity index (χ0v) is 13.0. The maximum Gasteiger partial charge on any atom is 0.241 e. The van der Waals surface area contributed by atoms with E-state index in [9.17, 15) is 4.79 Å². The molecule has 1 aliphatic heterocycles. The van der Waals surface area contributed by atoms with Crippen molar-refractivity contribution in [3.63, 3.8) is 0 Å². The van der Waals surface area contributed by atoms with Gasteiger partial charge in [0.05, 0.1) is 12.2 Å². The highest BCUT2D eigenvalue weighted by atomic mass is 16.2. The summed E-state index contributed by atoms with van der Waals surface area (Å²) in [6.07, 6.45) is 7.57. The van der Waals surface area contributed by atoms with Gasteiger partial charge in [0.2, 0.25) is 5.91 Å². The normalized spacial score (nSPS) is 36.9. The molecule has 0 aromatic heterocycles. The van der Waals surface area contributed by atoms with Crippen LogP contribution in [0.5, 0.6) is 0 Å². The quantitative estimate of drug-likeness (QED) is 0.796. The van der Waals surface area contributed by atoms with Crippen LogP contribution in [0.4, 0.5) is 0 Å². The third kappa shape index (κ3) is 3.31. The molecule has 1 aliphatic carbocycles. The van der Waals surface area contributed by atoms with Crippen molar-refractivity contribution in [3.05, 3.63) is 0 Å². The second-order valence-corrected chi connectivity index (χ2v) is 6.95. The smallest absolute Gasteiger partial charge is 0.241 e. The van der Waals surface area contributed by atoms with Gasteiger partial charge in [-0.15, -0.1) is 0 Å². The second-order valence-electron chi connectivity index (χ2n) is 6.95. The SMILES string of the molecule is CC(C)CC1NC(C)N(C2CCCCCC2C)C1=O. The average Bonchev–Trinajstić information content (AvgIpc) is 2.51. The van der Waals surface area contributed by atoms with Crippen molar-refractivity contribution in [2.45, 2.75) is 84.5 Å². The summed E-state index contributed by atoms with van der Waals surface area (Å²) in [6, 6.07) is 0.500. The highest BCUT2D eigenvalue weighted by Gasteiger charge is 2.41. The largest absolute Gasteiger partial charge is 0.323 e. The van der Waals surface area contributed by atoms with Crippen LogP contribution in [0.2, 0.25) is 0 Å². The molecular weight excluding hydrogens is 236 g/mol. The van der Waals surface area contributed by atoms with Crippen LogP contribution in [-0.2, 0) is 4.79 Å². The number of rotatable bonds is 3. The lowest BCUT2D eigenvalue weighted by molar-refractivity contribution is -0.133. The summed E-state index contributed by atoms with van der Waals surface area (Å²) >= 11 is 0. The first-order valence-electron chi connectivity index (χ1n) is 8.09. The Morgan fingerprint density at radius 1 is 1.21 bits per heavy atom. The molecule has 1 N–H and O–H groups in total. The Morgan fingerprint density at radius 3 is 2.58 bits per heavy atom. The van der Waals surface area contributed by atoms with Crippen LogP contribution in [0, 0.1) is 11.8 Å². The number of hydrogen-bond acceptors (Lipinski definition) is 2. The van der Waals surface area contributed by atoms with Crippen LogP contribution in [0.25, 0.3) is 0 Å². The van der Waals surface area contributed by atoms with E-state index in [-0.39, 0.29) is 12.2 Å². The highest BCUT2D eigenvalue weighted by Crippen LogP contribution is 2.31. The molecule has 4 atom stereocenters. The minimum atomic E-state index is 0.0467. The Bertz CT molecular complexity index is 316. The lowest BCUT2D eigenvalue weighted by atomic mass is 9.94. The monoisotopic (exact) mass is 266 g/mol. The molecule has 1 heterocycles. The summed E-state index contributed by atoms with van der Waals surface area (Å²) in [5, 5.41) is 3.50. The van der Waals surface area contributed by atoms with Crippen molar-refractivity contribution >= 4 is 5.91 Å². The zero-order valence-electron chi connectivity index (χ0n) is 13.0. The van der Waals surface area contributed by atoms with Gasteiger partial charge >= 0.3 is 0 Å². The predicted octanol–water partition coefficient (Wildman–Crippen LogP) is 3.15. The summed E-state index contributed by atoms with van der Waals surface area (Å²) in [5.74, 6) is 1.56. The molecule has 1 amide bonds. The third-order valence-electron chi connectivity index (χ3n) is 4.79. The highest BCUT2D eigenvalue weighted by molar-refractivity contribution is 5.84. The molecule has 2 rings (SSSR count). The van der Waals surface area contributed by atoms with Gasteiger partial charge in [0, 0.05) is 6.04 Å². The number of amides is 1. The summed E-state index contributed by atoms with van der Waals surface area (Å²) < 4.78 is 0. The van der Waals surface area contributed by atoms with Gasteiger partial charge in [-0.2, -0.15) is 0 Å². The van der Waals surface area contributed by atoms with Crippen molar-refractivity contribution in [1.29, 1.82) is 0 Å². The molecule has 0 aromatic rings. The number of carbonyl (C=O) groups is 1. The molecule has 110 valence electrons. The third-order valence-corrected chi connectivity index (χ3v) is 4.79. The van der Waals surface area contributed by atoms with E-state index < -0.39 is 0 Å². The van der Waals surface area contributed by atoms with Crippen LogP contribution in [0.15, 0.2) is 0 Å². The number of carbonyl (C=O) groups excluding carboxylic acids is 1. The average molecular weight is 266 g/mol. The number of nitrogens with zero attached hydrogens (tertiary/aromatic N) is 1. The molecule has 1 saturated heterocycles. The van der Waals surface area contributed by atoms with Crippen LogP contribution in [-0.4, -0.2) is 29.1 Å². The molecular formula is C16H30N2O. The van der Waals surface area contributed by atoms with Gasteiger partial charge in [-0.3, -0.25) is 10.1 Å². The predicted molar refractivity (Wildman–Crippen MR) is 78.7 cm³/mol. The molecule has 2 aliphatic rings. The van der Waals surface area contributed by atoms with Crippen molar-refractivity contribution in [2.24, 2.45) is 11.8 Å². The molecule has 4 unspecified atom stereocenters. The van der Waals surface area contributed by atoms with Crippen LogP contribution >= 0.6 is 0 Å². The van der Waals surface area contributed by atoms with Gasteiger partial charge in [0.1, 0.15) is 0 Å². The van der Waals surface area contributed by atoms with Crippen molar-refractivity contribution in [2.75, 3.05) is 0 Å². The Hall–Kier alpha value is -0.570. The van der Waals surface area contributed by atoms with Gasteiger partial charge in [0.15, 0.2) is 0 Å². The van der Waals surface area contributed by atoms with Crippen LogP contribution in [0.1, 0.15) is 66.2 Å². The van der Waals surface area contributed by atoms with Gasteiger partial charge in [-0.25, -0.2) is 0 Å². The first kappa shape index (κ1) is 14.8.